The number of aromatic nitrogens is 3. The molecule has 1 aliphatic carbocycles. The Morgan fingerprint density at radius 1 is 1.42 bits per heavy atom. The summed E-state index contributed by atoms with van der Waals surface area (Å²) in [5.41, 5.74) is 5.56. The molecule has 1 saturated carbocycles. The fourth-order valence-electron chi connectivity index (χ4n) is 2.03. The van der Waals surface area contributed by atoms with Crippen LogP contribution in [-0.2, 0) is 20.8 Å². The molecule has 8 heteroatoms. The summed E-state index contributed by atoms with van der Waals surface area (Å²) < 4.78 is 10.9. The van der Waals surface area contributed by atoms with E-state index in [0.717, 1.165) is 30.4 Å². The van der Waals surface area contributed by atoms with Crippen LogP contribution in [-0.4, -0.2) is 40.1 Å². The number of methoxy groups -OCH3 is 1. The summed E-state index contributed by atoms with van der Waals surface area (Å²) in [6.45, 7) is -0.160. The number of hydrogen-bond donors (Lipinski definition) is 1. The minimum Gasteiger partial charge on any atom is -0.464 e. The smallest absolute Gasteiger partial charge is 0.362 e. The maximum Gasteiger partial charge on any atom is 0.362 e. The number of rotatable bonds is 4. The molecular formula is C11H16N4O4. The Hall–Kier alpha value is -2.12. The van der Waals surface area contributed by atoms with Crippen molar-refractivity contribution in [2.24, 2.45) is 0 Å². The number of anilines is 1. The highest BCUT2D eigenvalue weighted by Crippen LogP contribution is 2.21. The van der Waals surface area contributed by atoms with Gasteiger partial charge in [0, 0.05) is 0 Å². The lowest BCUT2D eigenvalue weighted by Crippen LogP contribution is -2.21. The van der Waals surface area contributed by atoms with Gasteiger partial charge in [0.25, 0.3) is 0 Å². The molecule has 2 N–H and O–H groups in total. The van der Waals surface area contributed by atoms with Gasteiger partial charge in [0.15, 0.2) is 5.82 Å². The number of nitrogens with two attached hydrogens (primary N) is 1. The molecule has 0 unspecified atom stereocenters. The van der Waals surface area contributed by atoms with Crippen LogP contribution in [0.1, 0.15) is 36.2 Å². The molecule has 0 saturated heterocycles. The first kappa shape index (κ1) is 13.3. The summed E-state index contributed by atoms with van der Waals surface area (Å²) in [6, 6.07) is 0. The Morgan fingerprint density at radius 3 is 2.74 bits per heavy atom. The summed E-state index contributed by atoms with van der Waals surface area (Å²) in [5, 5.41) is 7.22. The fourth-order valence-corrected chi connectivity index (χ4v) is 2.03. The van der Waals surface area contributed by atoms with Crippen LogP contribution in [0, 0.1) is 0 Å². The Labute approximate surface area is 109 Å². The van der Waals surface area contributed by atoms with Gasteiger partial charge in [-0.2, -0.15) is 0 Å². The largest absolute Gasteiger partial charge is 0.464 e. The van der Waals surface area contributed by atoms with Gasteiger partial charge in [-0.25, -0.2) is 9.48 Å². The van der Waals surface area contributed by atoms with Gasteiger partial charge in [-0.05, 0) is 25.7 Å². The van der Waals surface area contributed by atoms with Crippen LogP contribution in [0.2, 0.25) is 0 Å². The number of hydrogen-bond acceptors (Lipinski definition) is 7. The van der Waals surface area contributed by atoms with Gasteiger partial charge in [-0.1, -0.05) is 5.21 Å². The molecule has 104 valence electrons. The molecule has 1 fully saturated rings. The van der Waals surface area contributed by atoms with Crippen molar-refractivity contribution in [1.29, 1.82) is 0 Å². The Bertz CT molecular complexity index is 479. The number of ether oxygens (including phenoxy) is 2. The summed E-state index contributed by atoms with van der Waals surface area (Å²) in [5.74, 6) is -1.12. The Balaban J connectivity index is 1.97. The van der Waals surface area contributed by atoms with Gasteiger partial charge < -0.3 is 15.2 Å². The molecule has 0 aliphatic heterocycles. The third-order valence-corrected chi connectivity index (χ3v) is 3.03. The first-order valence-corrected chi connectivity index (χ1v) is 6.08. The Morgan fingerprint density at radius 2 is 2.11 bits per heavy atom. The molecule has 0 amide bonds. The van der Waals surface area contributed by atoms with Crippen LogP contribution in [0.4, 0.5) is 5.82 Å². The molecule has 0 bridgehead atoms. The van der Waals surface area contributed by atoms with Crippen molar-refractivity contribution in [3.05, 3.63) is 5.69 Å². The van der Waals surface area contributed by atoms with Crippen LogP contribution in [0.3, 0.4) is 0 Å². The van der Waals surface area contributed by atoms with Gasteiger partial charge in [-0.15, -0.1) is 5.10 Å². The number of nitrogens with zero attached hydrogens (tertiary/aromatic N) is 3. The van der Waals surface area contributed by atoms with E-state index >= 15 is 0 Å². The number of carbonyl (C=O) groups excluding carboxylic acids is 2. The molecule has 1 aromatic rings. The predicted molar refractivity (Wildman–Crippen MR) is 64.1 cm³/mol. The first-order valence-electron chi connectivity index (χ1n) is 6.08. The molecule has 0 spiro atoms. The molecule has 1 aliphatic rings. The lowest BCUT2D eigenvalue weighted by atomic mass is 10.3. The summed E-state index contributed by atoms with van der Waals surface area (Å²) in [4.78, 5) is 23.0. The van der Waals surface area contributed by atoms with E-state index in [9.17, 15) is 9.59 Å². The van der Waals surface area contributed by atoms with Crippen LogP contribution < -0.4 is 5.73 Å². The maximum atomic E-state index is 11.7. The Kier molecular flexibility index (Phi) is 3.98. The number of nitrogen functional groups attached to an aromatic ring is 1. The highest BCUT2D eigenvalue weighted by molar-refractivity contribution is 5.91. The van der Waals surface area contributed by atoms with E-state index in [2.05, 4.69) is 15.0 Å². The molecule has 8 nitrogen and oxygen atoms in total. The van der Waals surface area contributed by atoms with E-state index in [0.29, 0.717) is 0 Å². The molecule has 0 atom stereocenters. The topological polar surface area (TPSA) is 109 Å². The van der Waals surface area contributed by atoms with E-state index in [1.165, 1.54) is 7.11 Å². The monoisotopic (exact) mass is 268 g/mol. The minimum atomic E-state index is -0.687. The molecule has 0 radical (unpaired) electrons. The molecular weight excluding hydrogens is 252 g/mol. The van der Waals surface area contributed by atoms with Gasteiger partial charge in [0.1, 0.15) is 12.6 Å². The first-order chi connectivity index (χ1) is 9.11. The zero-order chi connectivity index (χ0) is 13.8. The molecule has 19 heavy (non-hydrogen) atoms. The maximum absolute atomic E-state index is 11.7. The third kappa shape index (κ3) is 3.01. The van der Waals surface area contributed by atoms with Crippen molar-refractivity contribution in [3.63, 3.8) is 0 Å². The van der Waals surface area contributed by atoms with Crippen LogP contribution in [0.5, 0.6) is 0 Å². The third-order valence-electron chi connectivity index (χ3n) is 3.03. The van der Waals surface area contributed by atoms with Crippen molar-refractivity contribution >= 4 is 17.8 Å². The van der Waals surface area contributed by atoms with Crippen molar-refractivity contribution in [2.75, 3.05) is 12.8 Å². The predicted octanol–water partition coefficient (Wildman–Crippen LogP) is 0.133. The van der Waals surface area contributed by atoms with Crippen LogP contribution in [0.25, 0.3) is 0 Å². The normalized spacial score (nSPS) is 15.4. The van der Waals surface area contributed by atoms with Gasteiger partial charge >= 0.3 is 11.9 Å². The van der Waals surface area contributed by atoms with E-state index in [-0.39, 0.29) is 24.2 Å². The fraction of sp³-hybridized carbons (Fsp3) is 0.636. The SMILES string of the molecule is COC(=O)c1nnn(CC(=O)OC2CCCC2)c1N. The second kappa shape index (κ2) is 5.68. The zero-order valence-electron chi connectivity index (χ0n) is 10.7. The van der Waals surface area contributed by atoms with Crippen LogP contribution >= 0.6 is 0 Å². The molecule has 0 aromatic carbocycles. The van der Waals surface area contributed by atoms with E-state index in [1.807, 2.05) is 0 Å². The quantitative estimate of drug-likeness (QED) is 0.773. The highest BCUT2D eigenvalue weighted by Gasteiger charge is 2.22. The molecule has 1 aromatic heterocycles. The lowest BCUT2D eigenvalue weighted by Gasteiger charge is -2.11. The number of esters is 2. The average Bonchev–Trinajstić information content (AvgIpc) is 3.00. The second-order valence-electron chi connectivity index (χ2n) is 4.37. The summed E-state index contributed by atoms with van der Waals surface area (Å²) >= 11 is 0. The van der Waals surface area contributed by atoms with Crippen molar-refractivity contribution in [1.82, 2.24) is 15.0 Å². The minimum absolute atomic E-state index is 0.00442. The van der Waals surface area contributed by atoms with E-state index < -0.39 is 11.9 Å². The van der Waals surface area contributed by atoms with E-state index in [1.54, 1.807) is 0 Å². The number of carbonyl (C=O) groups is 2. The summed E-state index contributed by atoms with van der Waals surface area (Å²) in [6.07, 6.45) is 3.93. The van der Waals surface area contributed by atoms with Gasteiger partial charge in [0.2, 0.25) is 5.69 Å². The zero-order valence-corrected chi connectivity index (χ0v) is 10.7. The van der Waals surface area contributed by atoms with E-state index in [4.69, 9.17) is 10.5 Å². The average molecular weight is 268 g/mol. The summed E-state index contributed by atoms with van der Waals surface area (Å²) in [7, 11) is 1.22. The van der Waals surface area contributed by atoms with Gasteiger partial charge in [-0.3, -0.25) is 4.79 Å². The van der Waals surface area contributed by atoms with Crippen molar-refractivity contribution < 1.29 is 19.1 Å². The standard InChI is InChI=1S/C11H16N4O4/c1-18-11(17)9-10(12)15(14-13-9)6-8(16)19-7-4-2-3-5-7/h7H,2-6,12H2,1H3. The van der Waals surface area contributed by atoms with Crippen LogP contribution in [0.15, 0.2) is 0 Å². The second-order valence-corrected chi connectivity index (χ2v) is 4.37. The lowest BCUT2D eigenvalue weighted by molar-refractivity contribution is -0.149. The highest BCUT2D eigenvalue weighted by atomic mass is 16.5. The van der Waals surface area contributed by atoms with Crippen molar-refractivity contribution in [2.45, 2.75) is 38.3 Å². The van der Waals surface area contributed by atoms with Crippen molar-refractivity contribution in [3.8, 4) is 0 Å². The molecule has 2 rings (SSSR count). The molecule has 1 heterocycles. The van der Waals surface area contributed by atoms with Gasteiger partial charge in [0.05, 0.1) is 7.11 Å².